The normalized spacial score (nSPS) is 21.9. The van der Waals surface area contributed by atoms with Crippen LogP contribution in [0.1, 0.15) is 76.0 Å². The monoisotopic (exact) mass is 460 g/mol. The lowest BCUT2D eigenvalue weighted by atomic mass is 9.91. The van der Waals surface area contributed by atoms with Crippen molar-refractivity contribution in [2.45, 2.75) is 70.8 Å². The molecule has 0 saturated carbocycles. The number of ether oxygens (including phenoxy) is 1. The van der Waals surface area contributed by atoms with Crippen molar-refractivity contribution in [2.75, 3.05) is 0 Å². The van der Waals surface area contributed by atoms with Gasteiger partial charge in [0.1, 0.15) is 23.0 Å². The van der Waals surface area contributed by atoms with Gasteiger partial charge in [0, 0.05) is 33.7 Å². The van der Waals surface area contributed by atoms with Crippen molar-refractivity contribution < 1.29 is 9.15 Å². The van der Waals surface area contributed by atoms with Crippen molar-refractivity contribution in [3.63, 3.8) is 0 Å². The Kier molecular flexibility index (Phi) is 4.58. The minimum Gasteiger partial charge on any atom is -0.485 e. The van der Waals surface area contributed by atoms with E-state index < -0.39 is 0 Å². The van der Waals surface area contributed by atoms with Gasteiger partial charge in [0.2, 0.25) is 0 Å². The average Bonchev–Trinajstić information content (AvgIpc) is 3.15. The smallest absolute Gasteiger partial charge is 0.135 e. The van der Waals surface area contributed by atoms with Crippen LogP contribution >= 0.6 is 0 Å². The SMILES string of the molecule is CCCCCCC1(C)c2cc3oc4ccc(-c5ccc6c(c5)C5=CC=C(C)CC5O6)cc4c3cc21. The van der Waals surface area contributed by atoms with Crippen LogP contribution in [0.25, 0.3) is 38.6 Å². The van der Waals surface area contributed by atoms with E-state index in [2.05, 4.69) is 81.5 Å². The van der Waals surface area contributed by atoms with Crippen LogP contribution in [0.5, 0.6) is 5.75 Å². The third-order valence-electron chi connectivity index (χ3n) is 8.56. The molecule has 176 valence electrons. The van der Waals surface area contributed by atoms with Gasteiger partial charge in [-0.3, -0.25) is 0 Å². The van der Waals surface area contributed by atoms with E-state index in [4.69, 9.17) is 9.15 Å². The molecule has 0 spiro atoms. The molecule has 0 N–H and O–H groups in total. The van der Waals surface area contributed by atoms with Gasteiger partial charge in [0.15, 0.2) is 0 Å². The number of hydrogen-bond donors (Lipinski definition) is 0. The Morgan fingerprint density at radius 2 is 1.66 bits per heavy atom. The molecule has 2 aliphatic carbocycles. The van der Waals surface area contributed by atoms with Crippen molar-refractivity contribution in [1.82, 2.24) is 0 Å². The van der Waals surface area contributed by atoms with Gasteiger partial charge < -0.3 is 9.15 Å². The van der Waals surface area contributed by atoms with Crippen molar-refractivity contribution in [1.29, 1.82) is 0 Å². The van der Waals surface area contributed by atoms with E-state index in [9.17, 15) is 0 Å². The maximum atomic E-state index is 6.31. The summed E-state index contributed by atoms with van der Waals surface area (Å²) in [5.41, 5.74) is 11.6. The summed E-state index contributed by atoms with van der Waals surface area (Å²) in [7, 11) is 0. The van der Waals surface area contributed by atoms with Crippen LogP contribution in [0.15, 0.2) is 70.7 Å². The molecule has 3 aromatic carbocycles. The molecule has 0 radical (unpaired) electrons. The summed E-state index contributed by atoms with van der Waals surface area (Å²) in [6.45, 7) is 6.86. The van der Waals surface area contributed by atoms with Crippen molar-refractivity contribution in [3.8, 4) is 16.9 Å². The van der Waals surface area contributed by atoms with Crippen LogP contribution < -0.4 is 4.74 Å². The molecule has 1 aromatic heterocycles. The van der Waals surface area contributed by atoms with Gasteiger partial charge in [-0.2, -0.15) is 0 Å². The topological polar surface area (TPSA) is 22.4 Å². The highest BCUT2D eigenvalue weighted by Gasteiger charge is 2.45. The Morgan fingerprint density at radius 3 is 2.54 bits per heavy atom. The average molecular weight is 461 g/mol. The fourth-order valence-corrected chi connectivity index (χ4v) is 6.33. The van der Waals surface area contributed by atoms with Crippen molar-refractivity contribution in [2.24, 2.45) is 0 Å². The number of rotatable bonds is 6. The largest absolute Gasteiger partial charge is 0.485 e. The fraction of sp³-hybridized carbons (Fsp3) is 0.333. The predicted octanol–water partition coefficient (Wildman–Crippen LogP) is 9.34. The lowest BCUT2D eigenvalue weighted by Crippen LogP contribution is -2.14. The maximum absolute atomic E-state index is 6.31. The first kappa shape index (κ1) is 21.1. The van der Waals surface area contributed by atoms with Crippen molar-refractivity contribution in [3.05, 3.63) is 82.9 Å². The molecule has 0 bridgehead atoms. The third kappa shape index (κ3) is 3.22. The second-order valence-corrected chi connectivity index (χ2v) is 11.0. The number of unbranched alkanes of at least 4 members (excludes halogenated alkanes) is 3. The van der Waals surface area contributed by atoms with Gasteiger partial charge >= 0.3 is 0 Å². The highest BCUT2D eigenvalue weighted by molar-refractivity contribution is 6.08. The molecule has 0 amide bonds. The first-order valence-corrected chi connectivity index (χ1v) is 13.3. The quantitative estimate of drug-likeness (QED) is 0.267. The summed E-state index contributed by atoms with van der Waals surface area (Å²) in [6, 6.07) is 18.0. The highest BCUT2D eigenvalue weighted by Crippen LogP contribution is 2.55. The first-order valence-electron chi connectivity index (χ1n) is 13.3. The van der Waals surface area contributed by atoms with Crippen LogP contribution in [0.4, 0.5) is 0 Å². The highest BCUT2D eigenvalue weighted by atomic mass is 16.5. The molecular weight excluding hydrogens is 428 g/mol. The summed E-state index contributed by atoms with van der Waals surface area (Å²) < 4.78 is 12.6. The first-order chi connectivity index (χ1) is 17.0. The van der Waals surface area contributed by atoms with Crippen LogP contribution in [0.2, 0.25) is 0 Å². The fourth-order valence-electron chi connectivity index (χ4n) is 6.33. The molecule has 1 aliphatic heterocycles. The van der Waals surface area contributed by atoms with E-state index >= 15 is 0 Å². The van der Waals surface area contributed by atoms with E-state index in [1.165, 1.54) is 81.8 Å². The minimum absolute atomic E-state index is 0.163. The number of fused-ring (bicyclic) bond motifs is 7. The van der Waals surface area contributed by atoms with E-state index in [0.717, 1.165) is 23.3 Å². The zero-order valence-corrected chi connectivity index (χ0v) is 20.9. The molecule has 35 heavy (non-hydrogen) atoms. The molecule has 2 atom stereocenters. The Bertz CT molecular complexity index is 1560. The molecule has 2 nitrogen and oxygen atoms in total. The summed E-state index contributed by atoms with van der Waals surface area (Å²) in [6.07, 6.45) is 12.1. The van der Waals surface area contributed by atoms with E-state index in [1.807, 2.05) is 0 Å². The second kappa shape index (κ2) is 7.62. The Hall–Kier alpha value is -3.26. The van der Waals surface area contributed by atoms with Gasteiger partial charge in [0.05, 0.1) is 0 Å². The van der Waals surface area contributed by atoms with Gasteiger partial charge in [-0.1, -0.05) is 69.4 Å². The second-order valence-electron chi connectivity index (χ2n) is 11.0. The number of hydrogen-bond acceptors (Lipinski definition) is 2. The van der Waals surface area contributed by atoms with Crippen LogP contribution in [0, 0.1) is 0 Å². The van der Waals surface area contributed by atoms with Crippen LogP contribution in [0.3, 0.4) is 0 Å². The van der Waals surface area contributed by atoms with Crippen LogP contribution in [-0.4, -0.2) is 6.10 Å². The molecule has 0 fully saturated rings. The van der Waals surface area contributed by atoms with Crippen LogP contribution in [-0.2, 0) is 5.41 Å². The van der Waals surface area contributed by atoms with Gasteiger partial charge in [-0.05, 0) is 72.0 Å². The molecule has 4 aromatic rings. The molecule has 3 aliphatic rings. The number of allylic oxidation sites excluding steroid dienone is 2. The number of furan rings is 1. The summed E-state index contributed by atoms with van der Waals surface area (Å²) >= 11 is 0. The number of benzene rings is 3. The molecule has 7 rings (SSSR count). The van der Waals surface area contributed by atoms with Gasteiger partial charge in [-0.25, -0.2) is 0 Å². The molecular formula is C33H32O2. The summed E-state index contributed by atoms with van der Waals surface area (Å²) in [5.74, 6) is 1.00. The van der Waals surface area contributed by atoms with E-state index in [0.29, 0.717) is 0 Å². The van der Waals surface area contributed by atoms with E-state index in [-0.39, 0.29) is 11.5 Å². The summed E-state index contributed by atoms with van der Waals surface area (Å²) in [5, 5.41) is 2.46. The zero-order chi connectivity index (χ0) is 23.7. The zero-order valence-electron chi connectivity index (χ0n) is 20.9. The molecule has 2 heterocycles. The van der Waals surface area contributed by atoms with E-state index in [1.54, 1.807) is 0 Å². The lowest BCUT2D eigenvalue weighted by Gasteiger charge is -2.16. The maximum Gasteiger partial charge on any atom is 0.135 e. The Labute approximate surface area is 207 Å². The predicted molar refractivity (Wildman–Crippen MR) is 145 cm³/mol. The minimum atomic E-state index is 0.163. The molecule has 2 heteroatoms. The lowest BCUT2D eigenvalue weighted by molar-refractivity contribution is 0.275. The standard InChI is InChI=1S/C33H32O2/c1-4-5-6-7-14-33(3)27-18-26-25-17-22(10-13-30(25)35-32(26)19-28(27)33)21-9-12-29-24(16-21)23-11-8-20(2)15-31(23)34-29/h8-13,16-19,31H,4-7,14-15H2,1-3H3. The summed E-state index contributed by atoms with van der Waals surface area (Å²) in [4.78, 5) is 0. The third-order valence-corrected chi connectivity index (χ3v) is 8.56. The molecule has 2 unspecified atom stereocenters. The van der Waals surface area contributed by atoms with Gasteiger partial charge in [-0.15, -0.1) is 0 Å². The van der Waals surface area contributed by atoms with Gasteiger partial charge in [0.25, 0.3) is 0 Å². The molecule has 0 saturated heterocycles. The van der Waals surface area contributed by atoms with Crippen molar-refractivity contribution >= 4 is 27.5 Å². The Balaban J connectivity index is 1.24. The Morgan fingerprint density at radius 1 is 0.857 bits per heavy atom.